The quantitative estimate of drug-likeness (QED) is 0.593. The Labute approximate surface area is 162 Å². The highest BCUT2D eigenvalue weighted by Gasteiger charge is 2.36. The van der Waals surface area contributed by atoms with E-state index in [1.54, 1.807) is 25.6 Å². The van der Waals surface area contributed by atoms with Gasteiger partial charge in [0.2, 0.25) is 0 Å². The SMILES string of the molecule is CCC(OC)(c1cc(F)cc(OCC#Cc2ccccn2)c1)c1nccs1. The average molecular weight is 382 g/mol. The number of methoxy groups -OCH3 is 1. The predicted molar refractivity (Wildman–Crippen MR) is 103 cm³/mol. The van der Waals surface area contributed by atoms with Crippen molar-refractivity contribution in [2.45, 2.75) is 18.9 Å². The van der Waals surface area contributed by atoms with Crippen LogP contribution in [-0.2, 0) is 10.3 Å². The molecule has 0 aliphatic rings. The third kappa shape index (κ3) is 4.33. The van der Waals surface area contributed by atoms with Gasteiger partial charge in [-0.15, -0.1) is 11.3 Å². The molecule has 0 saturated heterocycles. The van der Waals surface area contributed by atoms with E-state index in [2.05, 4.69) is 21.8 Å². The zero-order chi connectivity index (χ0) is 19.1. The normalized spacial score (nSPS) is 12.7. The van der Waals surface area contributed by atoms with Gasteiger partial charge in [0.25, 0.3) is 0 Å². The van der Waals surface area contributed by atoms with Crippen LogP contribution in [0.2, 0.25) is 0 Å². The first-order chi connectivity index (χ1) is 13.2. The van der Waals surface area contributed by atoms with Gasteiger partial charge >= 0.3 is 0 Å². The summed E-state index contributed by atoms with van der Waals surface area (Å²) in [4.78, 5) is 8.50. The molecule has 0 N–H and O–H groups in total. The molecule has 2 aromatic heterocycles. The van der Waals surface area contributed by atoms with Gasteiger partial charge in [0, 0.05) is 30.9 Å². The van der Waals surface area contributed by atoms with Crippen LogP contribution in [0.1, 0.15) is 29.6 Å². The second kappa shape index (κ2) is 8.76. The van der Waals surface area contributed by atoms with E-state index in [1.165, 1.54) is 23.5 Å². The third-order valence-corrected chi connectivity index (χ3v) is 5.07. The average Bonchev–Trinajstić information content (AvgIpc) is 3.22. The number of benzene rings is 1. The molecule has 0 radical (unpaired) electrons. The summed E-state index contributed by atoms with van der Waals surface area (Å²) in [5, 5.41) is 2.65. The Kier molecular flexibility index (Phi) is 6.17. The Morgan fingerprint density at radius 2 is 2.07 bits per heavy atom. The van der Waals surface area contributed by atoms with Gasteiger partial charge in [-0.3, -0.25) is 0 Å². The second-order valence-electron chi connectivity index (χ2n) is 5.70. The van der Waals surface area contributed by atoms with Crippen molar-refractivity contribution in [3.8, 4) is 17.6 Å². The molecule has 0 amide bonds. The minimum atomic E-state index is -0.811. The first-order valence-corrected chi connectivity index (χ1v) is 9.35. The van der Waals surface area contributed by atoms with E-state index in [0.717, 1.165) is 5.01 Å². The van der Waals surface area contributed by atoms with Crippen molar-refractivity contribution in [1.29, 1.82) is 0 Å². The zero-order valence-electron chi connectivity index (χ0n) is 15.1. The van der Waals surface area contributed by atoms with Gasteiger partial charge < -0.3 is 9.47 Å². The first-order valence-electron chi connectivity index (χ1n) is 8.47. The molecule has 1 aromatic carbocycles. The Morgan fingerprint density at radius 3 is 2.74 bits per heavy atom. The topological polar surface area (TPSA) is 44.2 Å². The van der Waals surface area contributed by atoms with Crippen molar-refractivity contribution in [3.63, 3.8) is 0 Å². The van der Waals surface area contributed by atoms with Crippen LogP contribution in [-0.4, -0.2) is 23.7 Å². The van der Waals surface area contributed by atoms with E-state index in [9.17, 15) is 4.39 Å². The van der Waals surface area contributed by atoms with Crippen LogP contribution < -0.4 is 4.74 Å². The lowest BCUT2D eigenvalue weighted by atomic mass is 9.91. The largest absolute Gasteiger partial charge is 0.481 e. The number of halogens is 1. The Balaban J connectivity index is 1.83. The van der Waals surface area contributed by atoms with Crippen LogP contribution in [0.15, 0.2) is 54.2 Å². The number of ether oxygens (including phenoxy) is 2. The van der Waals surface area contributed by atoms with E-state index in [4.69, 9.17) is 9.47 Å². The number of hydrogen-bond donors (Lipinski definition) is 0. The van der Waals surface area contributed by atoms with E-state index >= 15 is 0 Å². The highest BCUT2D eigenvalue weighted by molar-refractivity contribution is 7.09. The van der Waals surface area contributed by atoms with Gasteiger partial charge in [-0.05, 0) is 42.2 Å². The second-order valence-corrected chi connectivity index (χ2v) is 6.60. The molecule has 3 rings (SSSR count). The summed E-state index contributed by atoms with van der Waals surface area (Å²) in [6, 6.07) is 10.1. The molecule has 0 spiro atoms. The molecule has 27 heavy (non-hydrogen) atoms. The highest BCUT2D eigenvalue weighted by Crippen LogP contribution is 2.39. The summed E-state index contributed by atoms with van der Waals surface area (Å²) in [7, 11) is 1.61. The van der Waals surface area contributed by atoms with Gasteiger partial charge in [-0.2, -0.15) is 0 Å². The monoisotopic (exact) mass is 382 g/mol. The summed E-state index contributed by atoms with van der Waals surface area (Å²) < 4.78 is 25.7. The zero-order valence-corrected chi connectivity index (χ0v) is 15.9. The third-order valence-electron chi connectivity index (χ3n) is 4.15. The first kappa shape index (κ1) is 19.0. The number of aromatic nitrogens is 2. The molecule has 4 nitrogen and oxygen atoms in total. The minimum absolute atomic E-state index is 0.128. The van der Waals surface area contributed by atoms with Crippen molar-refractivity contribution >= 4 is 11.3 Å². The molecule has 0 aliphatic carbocycles. The smallest absolute Gasteiger partial charge is 0.149 e. The maximum atomic E-state index is 14.2. The maximum absolute atomic E-state index is 14.2. The van der Waals surface area contributed by atoms with Crippen LogP contribution in [0.3, 0.4) is 0 Å². The number of thiazole rings is 1. The summed E-state index contributed by atoms with van der Waals surface area (Å²) >= 11 is 1.48. The lowest BCUT2D eigenvalue weighted by molar-refractivity contribution is 0.0180. The summed E-state index contributed by atoms with van der Waals surface area (Å²) in [6.07, 6.45) is 4.00. The molecule has 0 aliphatic heterocycles. The van der Waals surface area contributed by atoms with Crippen LogP contribution in [0.4, 0.5) is 4.39 Å². The molecule has 0 bridgehead atoms. The molecule has 1 unspecified atom stereocenters. The van der Waals surface area contributed by atoms with Gasteiger partial charge in [-0.25, -0.2) is 14.4 Å². The molecule has 1 atom stereocenters. The molecular formula is C21H19FN2O2S. The summed E-state index contributed by atoms with van der Waals surface area (Å²) in [5.74, 6) is 5.79. The van der Waals surface area contributed by atoms with Crippen molar-refractivity contribution in [3.05, 3.63) is 76.3 Å². The molecular weight excluding hydrogens is 363 g/mol. The fourth-order valence-corrected chi connectivity index (χ4v) is 3.72. The Bertz CT molecular complexity index is 930. The van der Waals surface area contributed by atoms with Crippen LogP contribution >= 0.6 is 11.3 Å². The Morgan fingerprint density at radius 1 is 1.19 bits per heavy atom. The fraction of sp³-hybridized carbons (Fsp3) is 0.238. The van der Waals surface area contributed by atoms with Crippen LogP contribution in [0, 0.1) is 17.7 Å². The number of rotatable bonds is 6. The van der Waals surface area contributed by atoms with E-state index in [0.29, 0.717) is 23.4 Å². The Hall–Kier alpha value is -2.75. The van der Waals surface area contributed by atoms with E-state index < -0.39 is 11.4 Å². The lowest BCUT2D eigenvalue weighted by Gasteiger charge is -2.30. The molecule has 0 fully saturated rings. The van der Waals surface area contributed by atoms with Gasteiger partial charge in [0.15, 0.2) is 0 Å². The van der Waals surface area contributed by atoms with Crippen LogP contribution in [0.5, 0.6) is 5.75 Å². The van der Waals surface area contributed by atoms with Crippen molar-refractivity contribution < 1.29 is 13.9 Å². The number of hydrogen-bond acceptors (Lipinski definition) is 5. The number of pyridine rings is 1. The standard InChI is InChI=1S/C21H19FN2O2S/c1-3-21(25-2,20-24-10-12-27-20)16-13-17(22)15-19(14-16)26-11-6-8-18-7-4-5-9-23-18/h4-5,7,9-10,12-15H,3,11H2,1-2H3. The molecule has 2 heterocycles. The van der Waals surface area contributed by atoms with E-state index in [1.807, 2.05) is 30.5 Å². The minimum Gasteiger partial charge on any atom is -0.481 e. The van der Waals surface area contributed by atoms with Crippen molar-refractivity contribution in [1.82, 2.24) is 9.97 Å². The highest BCUT2D eigenvalue weighted by atomic mass is 32.1. The van der Waals surface area contributed by atoms with Gasteiger partial charge in [0.05, 0.1) is 0 Å². The van der Waals surface area contributed by atoms with Gasteiger partial charge in [0.1, 0.15) is 34.5 Å². The summed E-state index contributed by atoms with van der Waals surface area (Å²) in [5.41, 5.74) is 0.512. The molecule has 6 heteroatoms. The van der Waals surface area contributed by atoms with E-state index in [-0.39, 0.29) is 6.61 Å². The maximum Gasteiger partial charge on any atom is 0.149 e. The van der Waals surface area contributed by atoms with Crippen molar-refractivity contribution in [2.75, 3.05) is 13.7 Å². The molecule has 138 valence electrons. The lowest BCUT2D eigenvalue weighted by Crippen LogP contribution is -2.29. The number of nitrogens with zero attached hydrogens (tertiary/aromatic N) is 2. The molecule has 0 saturated carbocycles. The van der Waals surface area contributed by atoms with Gasteiger partial charge in [-0.1, -0.05) is 18.9 Å². The summed E-state index contributed by atoms with van der Waals surface area (Å²) in [6.45, 7) is 2.11. The fourth-order valence-electron chi connectivity index (χ4n) is 2.81. The predicted octanol–water partition coefficient (Wildman–Crippen LogP) is 4.41. The van der Waals surface area contributed by atoms with Crippen molar-refractivity contribution in [2.24, 2.45) is 0 Å². The molecule has 3 aromatic rings. The van der Waals surface area contributed by atoms with Crippen LogP contribution in [0.25, 0.3) is 0 Å².